The van der Waals surface area contributed by atoms with Crippen LogP contribution < -0.4 is 9.47 Å². The van der Waals surface area contributed by atoms with Crippen LogP contribution in [0.1, 0.15) is 15.9 Å². The van der Waals surface area contributed by atoms with Crippen LogP contribution in [0, 0.1) is 5.21 Å². The van der Waals surface area contributed by atoms with Crippen LogP contribution >= 0.6 is 0 Å². The summed E-state index contributed by atoms with van der Waals surface area (Å²) in [6.07, 6.45) is 2.63. The zero-order chi connectivity index (χ0) is 14.5. The molecule has 0 atom stereocenters. The second kappa shape index (κ2) is 6.06. The second-order valence-corrected chi connectivity index (χ2v) is 4.46. The Kier molecular flexibility index (Phi) is 4.20. The Labute approximate surface area is 117 Å². The van der Waals surface area contributed by atoms with Gasteiger partial charge in [0.25, 0.3) is 5.91 Å². The molecule has 2 rings (SSSR count). The van der Waals surface area contributed by atoms with E-state index in [-0.39, 0.29) is 5.91 Å². The number of rotatable bonds is 4. The third-order valence-corrected chi connectivity index (χ3v) is 2.97. The highest BCUT2D eigenvalue weighted by atomic mass is 16.5. The number of pyridine rings is 1. The molecule has 0 unspecified atom stereocenters. The van der Waals surface area contributed by atoms with Gasteiger partial charge >= 0.3 is 0 Å². The van der Waals surface area contributed by atoms with E-state index in [0.717, 1.165) is 11.3 Å². The zero-order valence-corrected chi connectivity index (χ0v) is 11.4. The Balaban J connectivity index is 2.04. The van der Waals surface area contributed by atoms with Crippen molar-refractivity contribution in [3.63, 3.8) is 0 Å². The molecule has 0 spiro atoms. The first-order chi connectivity index (χ1) is 9.60. The molecule has 0 bridgehead atoms. The molecule has 104 valence electrons. The number of carbonyl (C=O) groups excluding carboxylic acids is 1. The summed E-state index contributed by atoms with van der Waals surface area (Å²) in [5.41, 5.74) is 1.50. The van der Waals surface area contributed by atoms with Crippen LogP contribution in [0.2, 0.25) is 0 Å². The summed E-state index contributed by atoms with van der Waals surface area (Å²) >= 11 is 0. The van der Waals surface area contributed by atoms with Gasteiger partial charge in [0.05, 0.1) is 12.7 Å². The largest absolute Gasteiger partial charge is 0.619 e. The van der Waals surface area contributed by atoms with Gasteiger partial charge in [-0.3, -0.25) is 4.79 Å². The monoisotopic (exact) mass is 272 g/mol. The molecule has 1 amide bonds. The lowest BCUT2D eigenvalue weighted by atomic mass is 10.2. The molecule has 0 saturated carbocycles. The Hall–Kier alpha value is -2.56. The van der Waals surface area contributed by atoms with Gasteiger partial charge in [0.15, 0.2) is 12.4 Å². The molecule has 0 aliphatic heterocycles. The van der Waals surface area contributed by atoms with E-state index in [9.17, 15) is 10.0 Å². The SMILES string of the molecule is COc1ccc(CN(C)C(=O)c2cc[n+]([O-])cc2)cc1. The lowest BCUT2D eigenvalue weighted by molar-refractivity contribution is -0.605. The summed E-state index contributed by atoms with van der Waals surface area (Å²) < 4.78 is 5.74. The van der Waals surface area contributed by atoms with Crippen molar-refractivity contribution >= 4 is 5.91 Å². The van der Waals surface area contributed by atoms with E-state index < -0.39 is 0 Å². The quantitative estimate of drug-likeness (QED) is 0.627. The number of aromatic nitrogens is 1. The molecule has 0 fully saturated rings. The summed E-state index contributed by atoms with van der Waals surface area (Å²) in [6, 6.07) is 10.6. The zero-order valence-electron chi connectivity index (χ0n) is 11.4. The molecular weight excluding hydrogens is 256 g/mol. The van der Waals surface area contributed by atoms with Gasteiger partial charge in [0.1, 0.15) is 5.75 Å². The van der Waals surface area contributed by atoms with Crippen LogP contribution in [0.15, 0.2) is 48.8 Å². The van der Waals surface area contributed by atoms with Crippen molar-refractivity contribution in [2.45, 2.75) is 6.54 Å². The fourth-order valence-corrected chi connectivity index (χ4v) is 1.85. The van der Waals surface area contributed by atoms with Gasteiger partial charge in [-0.2, -0.15) is 4.73 Å². The molecule has 0 radical (unpaired) electrons. The van der Waals surface area contributed by atoms with Crippen molar-refractivity contribution in [2.24, 2.45) is 0 Å². The molecule has 0 aliphatic carbocycles. The van der Waals surface area contributed by atoms with E-state index in [1.807, 2.05) is 24.3 Å². The highest BCUT2D eigenvalue weighted by molar-refractivity contribution is 5.93. The Morgan fingerprint density at radius 3 is 2.35 bits per heavy atom. The first-order valence-corrected chi connectivity index (χ1v) is 6.17. The van der Waals surface area contributed by atoms with Gasteiger partial charge in [-0.15, -0.1) is 0 Å². The fraction of sp³-hybridized carbons (Fsp3) is 0.200. The predicted octanol–water partition coefficient (Wildman–Crippen LogP) is 1.60. The summed E-state index contributed by atoms with van der Waals surface area (Å²) in [5.74, 6) is 0.659. The second-order valence-electron chi connectivity index (χ2n) is 4.46. The van der Waals surface area contributed by atoms with E-state index in [1.165, 1.54) is 24.5 Å². The Bertz CT molecular complexity index is 579. The van der Waals surface area contributed by atoms with Crippen LogP contribution in [-0.4, -0.2) is 25.0 Å². The topological polar surface area (TPSA) is 56.5 Å². The third-order valence-electron chi connectivity index (χ3n) is 2.97. The Morgan fingerprint density at radius 2 is 1.80 bits per heavy atom. The van der Waals surface area contributed by atoms with E-state index in [2.05, 4.69) is 0 Å². The summed E-state index contributed by atoms with van der Waals surface area (Å²) in [4.78, 5) is 13.8. The minimum Gasteiger partial charge on any atom is -0.619 e. The first kappa shape index (κ1) is 13.9. The summed E-state index contributed by atoms with van der Waals surface area (Å²) in [6.45, 7) is 0.495. The van der Waals surface area contributed by atoms with E-state index in [4.69, 9.17) is 4.74 Å². The smallest absolute Gasteiger partial charge is 0.254 e. The maximum Gasteiger partial charge on any atom is 0.254 e. The van der Waals surface area contributed by atoms with Crippen molar-refractivity contribution in [3.8, 4) is 5.75 Å². The van der Waals surface area contributed by atoms with E-state index >= 15 is 0 Å². The summed E-state index contributed by atoms with van der Waals surface area (Å²) in [7, 11) is 3.34. The number of benzene rings is 1. The molecule has 0 N–H and O–H groups in total. The van der Waals surface area contributed by atoms with Crippen molar-refractivity contribution < 1.29 is 14.3 Å². The van der Waals surface area contributed by atoms with Crippen LogP contribution in [-0.2, 0) is 6.54 Å². The highest BCUT2D eigenvalue weighted by Crippen LogP contribution is 2.13. The van der Waals surface area contributed by atoms with Crippen LogP contribution in [0.25, 0.3) is 0 Å². The molecule has 5 heteroatoms. The summed E-state index contributed by atoms with van der Waals surface area (Å²) in [5, 5.41) is 10.9. The number of hydrogen-bond acceptors (Lipinski definition) is 3. The van der Waals surface area contributed by atoms with Gasteiger partial charge in [-0.1, -0.05) is 12.1 Å². The van der Waals surface area contributed by atoms with Crippen LogP contribution in [0.4, 0.5) is 0 Å². The van der Waals surface area contributed by atoms with Crippen LogP contribution in [0.5, 0.6) is 5.75 Å². The molecule has 1 aromatic carbocycles. The van der Waals surface area contributed by atoms with Crippen molar-refractivity contribution in [2.75, 3.05) is 14.2 Å². The molecule has 1 heterocycles. The molecule has 5 nitrogen and oxygen atoms in total. The number of hydrogen-bond donors (Lipinski definition) is 0. The average Bonchev–Trinajstić information content (AvgIpc) is 2.48. The maximum atomic E-state index is 12.2. The van der Waals surface area contributed by atoms with Crippen LogP contribution in [0.3, 0.4) is 0 Å². The number of carbonyl (C=O) groups is 1. The average molecular weight is 272 g/mol. The number of ether oxygens (including phenoxy) is 1. The van der Waals surface area contributed by atoms with Gasteiger partial charge in [-0.25, -0.2) is 0 Å². The number of amides is 1. The third kappa shape index (κ3) is 3.26. The molecule has 0 saturated heterocycles. The van der Waals surface area contributed by atoms with Gasteiger partial charge in [-0.05, 0) is 17.7 Å². The maximum absolute atomic E-state index is 12.2. The lowest BCUT2D eigenvalue weighted by Gasteiger charge is -2.17. The van der Waals surface area contributed by atoms with Crippen molar-refractivity contribution in [1.82, 2.24) is 4.90 Å². The van der Waals surface area contributed by atoms with E-state index in [1.54, 1.807) is 19.1 Å². The molecular formula is C15H16N2O3. The normalized spacial score (nSPS) is 10.1. The van der Waals surface area contributed by atoms with Gasteiger partial charge in [0.2, 0.25) is 0 Å². The first-order valence-electron chi connectivity index (χ1n) is 6.17. The fourth-order valence-electron chi connectivity index (χ4n) is 1.85. The molecule has 1 aromatic heterocycles. The number of methoxy groups -OCH3 is 1. The minimum absolute atomic E-state index is 0.124. The molecule has 2 aromatic rings. The minimum atomic E-state index is -0.124. The lowest BCUT2D eigenvalue weighted by Crippen LogP contribution is -2.29. The van der Waals surface area contributed by atoms with Crippen molar-refractivity contribution in [3.05, 3.63) is 65.1 Å². The Morgan fingerprint density at radius 1 is 1.20 bits per heavy atom. The molecule has 20 heavy (non-hydrogen) atoms. The standard InChI is InChI=1S/C15H16N2O3/c1-16(11-12-3-5-14(20-2)6-4-12)15(18)13-7-9-17(19)10-8-13/h3-10H,11H2,1-2H3. The van der Waals surface area contributed by atoms with Gasteiger partial charge < -0.3 is 14.8 Å². The van der Waals surface area contributed by atoms with Crippen molar-refractivity contribution in [1.29, 1.82) is 0 Å². The molecule has 0 aliphatic rings. The van der Waals surface area contributed by atoms with Gasteiger partial charge in [0, 0.05) is 25.7 Å². The predicted molar refractivity (Wildman–Crippen MR) is 74.2 cm³/mol. The number of nitrogens with zero attached hydrogens (tertiary/aromatic N) is 2. The highest BCUT2D eigenvalue weighted by Gasteiger charge is 2.12. The van der Waals surface area contributed by atoms with E-state index in [0.29, 0.717) is 16.8 Å².